The third-order valence-corrected chi connectivity index (χ3v) is 3.30. The molecule has 0 bridgehead atoms. The minimum absolute atomic E-state index is 0.0236. The lowest BCUT2D eigenvalue weighted by atomic mass is 10.3. The summed E-state index contributed by atoms with van der Waals surface area (Å²) in [7, 11) is 1.94. The third kappa shape index (κ3) is 6.98. The normalized spacial score (nSPS) is 10.8. The number of carbonyl (C=O) groups is 1. The summed E-state index contributed by atoms with van der Waals surface area (Å²) in [6.45, 7) is 5.86. The smallest absolute Gasteiger partial charge is 0.225 e. The first-order chi connectivity index (χ1) is 9.65. The molecule has 112 valence electrons. The number of nitrogens with one attached hydrogen (secondary N) is 2. The Balaban J connectivity index is 2.37. The molecule has 20 heavy (non-hydrogen) atoms. The van der Waals surface area contributed by atoms with Crippen molar-refractivity contribution >= 4 is 27.5 Å². The van der Waals surface area contributed by atoms with E-state index in [2.05, 4.69) is 43.4 Å². The number of likely N-dealkylation sites (N-methyl/N-ethyl adjacent to an activating group) is 1. The van der Waals surface area contributed by atoms with Crippen LogP contribution in [0.25, 0.3) is 0 Å². The molecule has 1 aromatic rings. The standard InChI is InChI=1S/C14H23BrN4O/c1-3-6-19(8-5-16-2)7-4-14(20)18-13-9-12(15)10-17-11-13/h9-11,16H,3-8H2,1-2H3,(H,18,20). The Hall–Kier alpha value is -0.980. The molecule has 0 radical (unpaired) electrons. The molecule has 0 fully saturated rings. The molecular weight excluding hydrogens is 320 g/mol. The lowest BCUT2D eigenvalue weighted by Crippen LogP contribution is -2.34. The van der Waals surface area contributed by atoms with E-state index >= 15 is 0 Å². The first-order valence-electron chi connectivity index (χ1n) is 6.93. The molecule has 0 aliphatic carbocycles. The van der Waals surface area contributed by atoms with Crippen LogP contribution in [0, 0.1) is 0 Å². The number of pyridine rings is 1. The van der Waals surface area contributed by atoms with Gasteiger partial charge in [-0.05, 0) is 42.0 Å². The molecule has 0 spiro atoms. The molecule has 0 saturated heterocycles. The number of amides is 1. The van der Waals surface area contributed by atoms with Gasteiger partial charge < -0.3 is 15.5 Å². The van der Waals surface area contributed by atoms with Gasteiger partial charge >= 0.3 is 0 Å². The van der Waals surface area contributed by atoms with Crippen molar-refractivity contribution in [3.05, 3.63) is 22.9 Å². The highest BCUT2D eigenvalue weighted by atomic mass is 79.9. The van der Waals surface area contributed by atoms with Crippen LogP contribution in [0.4, 0.5) is 5.69 Å². The molecule has 1 amide bonds. The van der Waals surface area contributed by atoms with Crippen molar-refractivity contribution in [3.63, 3.8) is 0 Å². The largest absolute Gasteiger partial charge is 0.325 e. The fourth-order valence-electron chi connectivity index (χ4n) is 1.88. The molecule has 0 aromatic carbocycles. The van der Waals surface area contributed by atoms with Crippen LogP contribution in [0.3, 0.4) is 0 Å². The van der Waals surface area contributed by atoms with Gasteiger partial charge in [0.1, 0.15) is 0 Å². The van der Waals surface area contributed by atoms with Crippen molar-refractivity contribution < 1.29 is 4.79 Å². The van der Waals surface area contributed by atoms with Gasteiger partial charge in [-0.15, -0.1) is 0 Å². The summed E-state index contributed by atoms with van der Waals surface area (Å²) in [5, 5.41) is 6.00. The summed E-state index contributed by atoms with van der Waals surface area (Å²) >= 11 is 3.33. The van der Waals surface area contributed by atoms with E-state index in [0.29, 0.717) is 6.42 Å². The van der Waals surface area contributed by atoms with Crippen molar-refractivity contribution in [3.8, 4) is 0 Å². The third-order valence-electron chi connectivity index (χ3n) is 2.86. The van der Waals surface area contributed by atoms with E-state index in [1.165, 1.54) is 0 Å². The second-order valence-corrected chi connectivity index (χ2v) is 5.55. The van der Waals surface area contributed by atoms with E-state index < -0.39 is 0 Å². The Morgan fingerprint density at radius 2 is 2.15 bits per heavy atom. The van der Waals surface area contributed by atoms with Crippen LogP contribution in [-0.4, -0.2) is 49.0 Å². The minimum Gasteiger partial charge on any atom is -0.325 e. The zero-order valence-corrected chi connectivity index (χ0v) is 13.7. The highest BCUT2D eigenvalue weighted by Gasteiger charge is 2.08. The van der Waals surface area contributed by atoms with E-state index in [4.69, 9.17) is 0 Å². The number of halogens is 1. The van der Waals surface area contributed by atoms with E-state index in [-0.39, 0.29) is 5.91 Å². The van der Waals surface area contributed by atoms with Gasteiger partial charge in [0.15, 0.2) is 0 Å². The predicted molar refractivity (Wildman–Crippen MR) is 85.8 cm³/mol. The zero-order chi connectivity index (χ0) is 14.8. The molecule has 0 saturated carbocycles. The topological polar surface area (TPSA) is 57.3 Å². The maximum absolute atomic E-state index is 11.9. The van der Waals surface area contributed by atoms with Crippen LogP contribution >= 0.6 is 15.9 Å². The van der Waals surface area contributed by atoms with Crippen LogP contribution in [0.2, 0.25) is 0 Å². The Labute approximate surface area is 129 Å². The van der Waals surface area contributed by atoms with Gasteiger partial charge in [-0.1, -0.05) is 6.92 Å². The van der Waals surface area contributed by atoms with Gasteiger partial charge in [0.05, 0.1) is 11.9 Å². The van der Waals surface area contributed by atoms with Gasteiger partial charge in [-0.2, -0.15) is 0 Å². The minimum atomic E-state index is 0.0236. The van der Waals surface area contributed by atoms with Gasteiger partial charge in [0.2, 0.25) is 5.91 Å². The highest BCUT2D eigenvalue weighted by Crippen LogP contribution is 2.13. The van der Waals surface area contributed by atoms with E-state index in [0.717, 1.165) is 42.8 Å². The summed E-state index contributed by atoms with van der Waals surface area (Å²) in [5.41, 5.74) is 0.724. The Morgan fingerprint density at radius 3 is 2.80 bits per heavy atom. The predicted octanol–water partition coefficient (Wildman–Crippen LogP) is 2.10. The van der Waals surface area contributed by atoms with Crippen LogP contribution in [-0.2, 0) is 4.79 Å². The van der Waals surface area contributed by atoms with Gasteiger partial charge in [0.25, 0.3) is 0 Å². The average Bonchev–Trinajstić information content (AvgIpc) is 2.42. The van der Waals surface area contributed by atoms with Crippen molar-refractivity contribution in [1.29, 1.82) is 0 Å². The maximum Gasteiger partial charge on any atom is 0.225 e. The van der Waals surface area contributed by atoms with E-state index in [1.54, 1.807) is 12.4 Å². The van der Waals surface area contributed by atoms with E-state index in [1.807, 2.05) is 13.1 Å². The van der Waals surface area contributed by atoms with Crippen LogP contribution in [0.15, 0.2) is 22.9 Å². The average molecular weight is 343 g/mol. The second-order valence-electron chi connectivity index (χ2n) is 4.64. The monoisotopic (exact) mass is 342 g/mol. The second kappa shape index (κ2) is 9.85. The first kappa shape index (κ1) is 17.1. The van der Waals surface area contributed by atoms with Crippen molar-refractivity contribution in [2.45, 2.75) is 19.8 Å². The van der Waals surface area contributed by atoms with Crippen molar-refractivity contribution in [1.82, 2.24) is 15.2 Å². The molecule has 0 atom stereocenters. The Bertz CT molecular complexity index is 414. The molecule has 5 nitrogen and oxygen atoms in total. The molecule has 0 aliphatic heterocycles. The van der Waals surface area contributed by atoms with Gasteiger partial charge in [0, 0.05) is 36.7 Å². The molecule has 1 rings (SSSR count). The molecule has 1 heterocycles. The Morgan fingerprint density at radius 1 is 1.35 bits per heavy atom. The van der Waals surface area contributed by atoms with Crippen LogP contribution in [0.5, 0.6) is 0 Å². The molecule has 6 heteroatoms. The summed E-state index contributed by atoms with van der Waals surface area (Å²) in [6.07, 6.45) is 4.93. The molecule has 2 N–H and O–H groups in total. The van der Waals surface area contributed by atoms with Gasteiger partial charge in [-0.3, -0.25) is 9.78 Å². The summed E-state index contributed by atoms with van der Waals surface area (Å²) < 4.78 is 0.858. The quantitative estimate of drug-likeness (QED) is 0.721. The number of nitrogens with zero attached hydrogens (tertiary/aromatic N) is 2. The zero-order valence-electron chi connectivity index (χ0n) is 12.2. The van der Waals surface area contributed by atoms with Crippen molar-refractivity contribution in [2.24, 2.45) is 0 Å². The lowest BCUT2D eigenvalue weighted by Gasteiger charge is -2.21. The lowest BCUT2D eigenvalue weighted by molar-refractivity contribution is -0.116. The maximum atomic E-state index is 11.9. The van der Waals surface area contributed by atoms with Gasteiger partial charge in [-0.25, -0.2) is 0 Å². The number of anilines is 1. The fourth-order valence-corrected chi connectivity index (χ4v) is 2.25. The first-order valence-corrected chi connectivity index (χ1v) is 7.72. The number of aromatic nitrogens is 1. The summed E-state index contributed by atoms with van der Waals surface area (Å²) in [6, 6.07) is 1.84. The summed E-state index contributed by atoms with van der Waals surface area (Å²) in [4.78, 5) is 18.2. The molecule has 0 unspecified atom stereocenters. The number of hydrogen-bond acceptors (Lipinski definition) is 4. The van der Waals surface area contributed by atoms with Crippen LogP contribution in [0.1, 0.15) is 19.8 Å². The number of rotatable bonds is 9. The van der Waals surface area contributed by atoms with E-state index in [9.17, 15) is 4.79 Å². The highest BCUT2D eigenvalue weighted by molar-refractivity contribution is 9.10. The van der Waals surface area contributed by atoms with Crippen LogP contribution < -0.4 is 10.6 Å². The number of carbonyl (C=O) groups excluding carboxylic acids is 1. The SMILES string of the molecule is CCCN(CCNC)CCC(=O)Nc1cncc(Br)c1. The molecule has 0 aliphatic rings. The van der Waals surface area contributed by atoms with Crippen molar-refractivity contribution in [2.75, 3.05) is 38.5 Å². The Kier molecular flexibility index (Phi) is 8.41. The molecular formula is C14H23BrN4O. The molecule has 1 aromatic heterocycles. The summed E-state index contributed by atoms with van der Waals surface area (Å²) in [5.74, 6) is 0.0236. The number of hydrogen-bond donors (Lipinski definition) is 2. The fraction of sp³-hybridized carbons (Fsp3) is 0.571.